The Morgan fingerprint density at radius 2 is 2.26 bits per heavy atom. The van der Waals surface area contributed by atoms with Crippen LogP contribution in [0, 0.1) is 5.92 Å². The van der Waals surface area contributed by atoms with Crippen molar-refractivity contribution in [3.63, 3.8) is 0 Å². The number of aliphatic hydroxyl groups excluding tert-OH is 1. The van der Waals surface area contributed by atoms with Crippen molar-refractivity contribution in [2.24, 2.45) is 13.0 Å². The Hall–Kier alpha value is -1.75. The van der Waals surface area contributed by atoms with Crippen LogP contribution in [0.2, 0.25) is 0 Å². The molecular weight excluding hydrogens is 244 g/mol. The molecule has 0 amide bonds. The molecule has 0 saturated heterocycles. The van der Waals surface area contributed by atoms with E-state index in [0.717, 1.165) is 12.2 Å². The van der Waals surface area contributed by atoms with Crippen LogP contribution >= 0.6 is 0 Å². The van der Waals surface area contributed by atoms with Crippen LogP contribution in [-0.4, -0.2) is 22.0 Å². The van der Waals surface area contributed by atoms with Gasteiger partial charge < -0.3 is 14.3 Å². The van der Waals surface area contributed by atoms with Gasteiger partial charge in [-0.1, -0.05) is 6.92 Å². The molecule has 2 aromatic heterocycles. The normalized spacial score (nSPS) is 23.4. The zero-order valence-corrected chi connectivity index (χ0v) is 11.3. The first-order valence-corrected chi connectivity index (χ1v) is 6.45. The number of methoxy groups -OCH3 is 1. The Balaban J connectivity index is 1.88. The van der Waals surface area contributed by atoms with E-state index in [1.54, 1.807) is 25.0 Å². The number of nitrogens with zero attached hydrogens (tertiary/aromatic N) is 2. The predicted octanol–water partition coefficient (Wildman–Crippen LogP) is 2.23. The third-order valence-electron chi connectivity index (χ3n) is 3.82. The van der Waals surface area contributed by atoms with Gasteiger partial charge >= 0.3 is 0 Å². The topological polar surface area (TPSA) is 60.4 Å². The van der Waals surface area contributed by atoms with Gasteiger partial charge in [-0.2, -0.15) is 5.10 Å². The Bertz CT molecular complexity index is 587. The molecule has 3 rings (SSSR count). The number of aryl methyl sites for hydroxylation is 1. The van der Waals surface area contributed by atoms with Gasteiger partial charge in [0.25, 0.3) is 0 Å². The number of aromatic nitrogens is 2. The first-order chi connectivity index (χ1) is 9.11. The zero-order chi connectivity index (χ0) is 13.6. The summed E-state index contributed by atoms with van der Waals surface area (Å²) in [6, 6.07) is 3.78. The summed E-state index contributed by atoms with van der Waals surface area (Å²) in [4.78, 5) is 0. The molecule has 1 aliphatic rings. The zero-order valence-electron chi connectivity index (χ0n) is 11.3. The first-order valence-electron chi connectivity index (χ1n) is 6.45. The summed E-state index contributed by atoms with van der Waals surface area (Å²) in [5.74, 6) is 3.25. The summed E-state index contributed by atoms with van der Waals surface area (Å²) >= 11 is 0. The van der Waals surface area contributed by atoms with Gasteiger partial charge in [0.05, 0.1) is 13.3 Å². The van der Waals surface area contributed by atoms with Crippen LogP contribution in [-0.2, 0) is 7.05 Å². The number of ether oxygens (including phenoxy) is 1. The molecule has 5 nitrogen and oxygen atoms in total. The molecule has 0 bridgehead atoms. The van der Waals surface area contributed by atoms with Crippen LogP contribution in [0.1, 0.15) is 42.6 Å². The summed E-state index contributed by atoms with van der Waals surface area (Å²) in [6.07, 6.45) is 1.90. The lowest BCUT2D eigenvalue weighted by molar-refractivity contribution is 0.173. The van der Waals surface area contributed by atoms with Gasteiger partial charge in [0, 0.05) is 13.0 Å². The molecule has 1 saturated carbocycles. The Labute approximate surface area is 111 Å². The number of hydrogen-bond acceptors (Lipinski definition) is 4. The quantitative estimate of drug-likeness (QED) is 0.917. The molecule has 102 valence electrons. The van der Waals surface area contributed by atoms with Gasteiger partial charge in [0.2, 0.25) is 0 Å². The molecule has 3 unspecified atom stereocenters. The SMILES string of the molecule is COc1cnn(C)c1C(O)c1ccc(C2CC2C)o1. The Morgan fingerprint density at radius 3 is 2.89 bits per heavy atom. The second-order valence-electron chi connectivity index (χ2n) is 5.18. The van der Waals surface area contributed by atoms with Crippen LogP contribution in [0.5, 0.6) is 5.75 Å². The van der Waals surface area contributed by atoms with E-state index in [-0.39, 0.29) is 0 Å². The van der Waals surface area contributed by atoms with Gasteiger partial charge in [-0.25, -0.2) is 0 Å². The largest absolute Gasteiger partial charge is 0.493 e. The van der Waals surface area contributed by atoms with Crippen LogP contribution in [0.3, 0.4) is 0 Å². The minimum absolute atomic E-state index is 0.509. The van der Waals surface area contributed by atoms with Crippen LogP contribution in [0.4, 0.5) is 0 Å². The van der Waals surface area contributed by atoms with Crippen molar-refractivity contribution in [3.8, 4) is 5.75 Å². The van der Waals surface area contributed by atoms with Gasteiger partial charge in [0.15, 0.2) is 11.9 Å². The van der Waals surface area contributed by atoms with E-state index in [2.05, 4.69) is 12.0 Å². The fraction of sp³-hybridized carbons (Fsp3) is 0.500. The third kappa shape index (κ3) is 2.04. The fourth-order valence-corrected chi connectivity index (χ4v) is 2.46. The summed E-state index contributed by atoms with van der Waals surface area (Å²) in [6.45, 7) is 2.20. The number of hydrogen-bond donors (Lipinski definition) is 1. The minimum atomic E-state index is -0.856. The van der Waals surface area contributed by atoms with Gasteiger partial charge in [0.1, 0.15) is 17.2 Å². The van der Waals surface area contributed by atoms with Crippen molar-refractivity contribution in [1.82, 2.24) is 9.78 Å². The van der Waals surface area contributed by atoms with Crippen molar-refractivity contribution in [1.29, 1.82) is 0 Å². The van der Waals surface area contributed by atoms with E-state index >= 15 is 0 Å². The molecule has 0 aromatic carbocycles. The highest BCUT2D eigenvalue weighted by Crippen LogP contribution is 2.48. The lowest BCUT2D eigenvalue weighted by Gasteiger charge is -2.10. The molecule has 0 radical (unpaired) electrons. The van der Waals surface area contributed by atoms with Crippen molar-refractivity contribution in [2.45, 2.75) is 25.4 Å². The van der Waals surface area contributed by atoms with E-state index in [4.69, 9.17) is 9.15 Å². The molecule has 19 heavy (non-hydrogen) atoms. The number of aliphatic hydroxyl groups is 1. The highest BCUT2D eigenvalue weighted by Gasteiger charge is 2.37. The maximum absolute atomic E-state index is 10.4. The van der Waals surface area contributed by atoms with Crippen LogP contribution in [0.25, 0.3) is 0 Å². The number of furan rings is 1. The lowest BCUT2D eigenvalue weighted by atomic mass is 10.2. The second kappa shape index (κ2) is 4.42. The average Bonchev–Trinajstić information content (AvgIpc) is 2.83. The summed E-state index contributed by atoms with van der Waals surface area (Å²) in [5.41, 5.74) is 0.604. The first kappa shape index (κ1) is 12.3. The van der Waals surface area contributed by atoms with Crippen molar-refractivity contribution in [3.05, 3.63) is 35.5 Å². The molecule has 1 N–H and O–H groups in total. The molecule has 0 aliphatic heterocycles. The lowest BCUT2D eigenvalue weighted by Crippen LogP contribution is -2.07. The van der Waals surface area contributed by atoms with Gasteiger partial charge in [-0.15, -0.1) is 0 Å². The molecule has 1 fully saturated rings. The molecule has 2 aromatic rings. The van der Waals surface area contributed by atoms with E-state index in [9.17, 15) is 5.11 Å². The van der Waals surface area contributed by atoms with Crippen molar-refractivity contribution >= 4 is 0 Å². The van der Waals surface area contributed by atoms with E-state index in [0.29, 0.717) is 29.0 Å². The molecule has 1 aliphatic carbocycles. The summed E-state index contributed by atoms with van der Waals surface area (Å²) in [5, 5.41) is 14.5. The smallest absolute Gasteiger partial charge is 0.163 e. The monoisotopic (exact) mass is 262 g/mol. The van der Waals surface area contributed by atoms with E-state index < -0.39 is 6.10 Å². The highest BCUT2D eigenvalue weighted by molar-refractivity contribution is 5.32. The maximum atomic E-state index is 10.4. The number of rotatable bonds is 4. The molecule has 2 heterocycles. The van der Waals surface area contributed by atoms with Crippen molar-refractivity contribution in [2.75, 3.05) is 7.11 Å². The fourth-order valence-electron chi connectivity index (χ4n) is 2.46. The molecule has 3 atom stereocenters. The van der Waals surface area contributed by atoms with Crippen molar-refractivity contribution < 1.29 is 14.3 Å². The van der Waals surface area contributed by atoms with E-state index in [1.165, 1.54) is 0 Å². The van der Waals surface area contributed by atoms with Crippen LogP contribution in [0.15, 0.2) is 22.7 Å². The average molecular weight is 262 g/mol. The third-order valence-corrected chi connectivity index (χ3v) is 3.82. The molecule has 5 heteroatoms. The maximum Gasteiger partial charge on any atom is 0.163 e. The van der Waals surface area contributed by atoms with Gasteiger partial charge in [-0.3, -0.25) is 4.68 Å². The standard InChI is InChI=1S/C14H18N2O3/c1-8-6-9(8)10-4-5-11(19-10)14(17)13-12(18-3)7-15-16(13)2/h4-5,7-9,14,17H,6H2,1-3H3. The summed E-state index contributed by atoms with van der Waals surface area (Å²) in [7, 11) is 3.33. The van der Waals surface area contributed by atoms with Crippen LogP contribution < -0.4 is 4.74 Å². The van der Waals surface area contributed by atoms with E-state index in [1.807, 2.05) is 12.1 Å². The Kier molecular flexibility index (Phi) is 2.86. The Morgan fingerprint density at radius 1 is 1.53 bits per heavy atom. The minimum Gasteiger partial charge on any atom is -0.493 e. The second-order valence-corrected chi connectivity index (χ2v) is 5.18. The molecular formula is C14H18N2O3. The predicted molar refractivity (Wildman–Crippen MR) is 69.1 cm³/mol. The van der Waals surface area contributed by atoms with Gasteiger partial charge in [-0.05, 0) is 24.5 Å². The highest BCUT2D eigenvalue weighted by atomic mass is 16.5. The molecule has 0 spiro atoms. The summed E-state index contributed by atoms with van der Waals surface area (Å²) < 4.78 is 12.6.